The van der Waals surface area contributed by atoms with Gasteiger partial charge in [0.1, 0.15) is 4.47 Å². The van der Waals surface area contributed by atoms with Gasteiger partial charge in [0.15, 0.2) is 0 Å². The van der Waals surface area contributed by atoms with E-state index >= 15 is 0 Å². The maximum absolute atomic E-state index is 11.6. The molecule has 0 aliphatic carbocycles. The third kappa shape index (κ3) is 2.54. The molecule has 0 amide bonds. The molecule has 0 fully saturated rings. The molecule has 0 N–H and O–H groups in total. The number of aromatic nitrogens is 2. The van der Waals surface area contributed by atoms with Crippen LogP contribution in [0.2, 0.25) is 0 Å². The molecule has 3 nitrogen and oxygen atoms in total. The highest BCUT2D eigenvalue weighted by molar-refractivity contribution is 9.10. The summed E-state index contributed by atoms with van der Waals surface area (Å²) in [5, 5.41) is 2.04. The number of aryl methyl sites for hydroxylation is 2. The Morgan fingerprint density at radius 2 is 2.40 bits per heavy atom. The van der Waals surface area contributed by atoms with E-state index in [4.69, 9.17) is 0 Å². The number of nitrogens with zero attached hydrogens (tertiary/aromatic N) is 2. The van der Waals surface area contributed by atoms with Crippen molar-refractivity contribution in [1.29, 1.82) is 0 Å². The molecule has 0 saturated heterocycles. The second kappa shape index (κ2) is 4.72. The van der Waals surface area contributed by atoms with Gasteiger partial charge in [-0.1, -0.05) is 6.07 Å². The minimum absolute atomic E-state index is 0.0263. The summed E-state index contributed by atoms with van der Waals surface area (Å²) in [6, 6.07) is 4.09. The number of thiophene rings is 1. The predicted molar refractivity (Wildman–Crippen MR) is 64.2 cm³/mol. The Hall–Kier alpha value is -0.940. The van der Waals surface area contributed by atoms with Crippen molar-refractivity contribution >= 4 is 27.3 Å². The smallest absolute Gasteiger partial charge is 0.267 e. The van der Waals surface area contributed by atoms with Crippen LogP contribution in [0.15, 0.2) is 39.3 Å². The molecule has 0 aromatic carbocycles. The third-order valence-corrected chi connectivity index (χ3v) is 3.52. The van der Waals surface area contributed by atoms with Gasteiger partial charge in [-0.05, 0) is 33.8 Å². The first-order chi connectivity index (χ1) is 7.27. The molecule has 2 aromatic rings. The van der Waals surface area contributed by atoms with Crippen LogP contribution in [0.4, 0.5) is 0 Å². The Morgan fingerprint density at radius 3 is 3.13 bits per heavy atom. The molecule has 0 bridgehead atoms. The summed E-state index contributed by atoms with van der Waals surface area (Å²) in [6.45, 7) is 0.672. The van der Waals surface area contributed by atoms with Crippen LogP contribution in [0.5, 0.6) is 0 Å². The molecule has 2 aromatic heterocycles. The average molecular weight is 285 g/mol. The fraction of sp³-hybridized carbons (Fsp3) is 0.200. The molecule has 0 aliphatic rings. The molecule has 78 valence electrons. The molecule has 0 aliphatic heterocycles. The Labute approximate surface area is 99.5 Å². The van der Waals surface area contributed by atoms with Crippen molar-refractivity contribution in [1.82, 2.24) is 9.55 Å². The monoisotopic (exact) mass is 284 g/mol. The Balaban J connectivity index is 2.12. The highest BCUT2D eigenvalue weighted by Gasteiger charge is 2.01. The SMILES string of the molecule is O=c1c(Br)cncn1CCc1cccs1. The molecule has 0 spiro atoms. The summed E-state index contributed by atoms with van der Waals surface area (Å²) in [4.78, 5) is 16.9. The summed E-state index contributed by atoms with van der Waals surface area (Å²) in [5.74, 6) is 0. The number of hydrogen-bond donors (Lipinski definition) is 0. The van der Waals surface area contributed by atoms with Gasteiger partial charge in [-0.3, -0.25) is 9.36 Å². The van der Waals surface area contributed by atoms with Crippen LogP contribution >= 0.6 is 27.3 Å². The minimum Gasteiger partial charge on any atom is -0.298 e. The van der Waals surface area contributed by atoms with Crippen molar-refractivity contribution in [3.63, 3.8) is 0 Å². The lowest BCUT2D eigenvalue weighted by Crippen LogP contribution is -2.21. The van der Waals surface area contributed by atoms with Crippen molar-refractivity contribution in [2.75, 3.05) is 0 Å². The first-order valence-electron chi connectivity index (χ1n) is 4.49. The van der Waals surface area contributed by atoms with E-state index in [1.807, 2.05) is 11.4 Å². The van der Waals surface area contributed by atoms with Crippen molar-refractivity contribution in [2.24, 2.45) is 0 Å². The minimum atomic E-state index is -0.0263. The molecular formula is C10H9BrN2OS. The molecule has 15 heavy (non-hydrogen) atoms. The summed E-state index contributed by atoms with van der Waals surface area (Å²) in [5.41, 5.74) is -0.0263. The lowest BCUT2D eigenvalue weighted by molar-refractivity contribution is 0.655. The fourth-order valence-electron chi connectivity index (χ4n) is 1.27. The van der Waals surface area contributed by atoms with Crippen LogP contribution in [0.25, 0.3) is 0 Å². The topological polar surface area (TPSA) is 34.9 Å². The molecule has 0 atom stereocenters. The standard InChI is InChI=1S/C10H9BrN2OS/c11-9-6-12-7-13(10(9)14)4-3-8-2-1-5-15-8/h1-2,5-7H,3-4H2. The average Bonchev–Trinajstić information content (AvgIpc) is 2.73. The Morgan fingerprint density at radius 1 is 1.53 bits per heavy atom. The van der Waals surface area contributed by atoms with Gasteiger partial charge in [0, 0.05) is 17.6 Å². The van der Waals surface area contributed by atoms with Crippen LogP contribution in [0.1, 0.15) is 4.88 Å². The first kappa shape index (κ1) is 10.6. The second-order valence-corrected chi connectivity index (χ2v) is 4.96. The summed E-state index contributed by atoms with van der Waals surface area (Å²) >= 11 is 4.88. The van der Waals surface area contributed by atoms with E-state index in [0.717, 1.165) is 6.42 Å². The molecule has 0 radical (unpaired) electrons. The molecule has 5 heteroatoms. The number of hydrogen-bond acceptors (Lipinski definition) is 3. The van der Waals surface area contributed by atoms with Gasteiger partial charge in [-0.25, -0.2) is 4.98 Å². The van der Waals surface area contributed by atoms with Gasteiger partial charge in [-0.2, -0.15) is 0 Å². The van der Waals surface area contributed by atoms with Gasteiger partial charge < -0.3 is 0 Å². The summed E-state index contributed by atoms with van der Waals surface area (Å²) in [6.07, 6.45) is 3.96. The van der Waals surface area contributed by atoms with E-state index in [9.17, 15) is 4.79 Å². The molecule has 0 unspecified atom stereocenters. The fourth-order valence-corrected chi connectivity index (χ4v) is 2.31. The van der Waals surface area contributed by atoms with Gasteiger partial charge >= 0.3 is 0 Å². The third-order valence-electron chi connectivity index (χ3n) is 2.04. The lowest BCUT2D eigenvalue weighted by atomic mass is 10.3. The zero-order chi connectivity index (χ0) is 10.7. The largest absolute Gasteiger partial charge is 0.298 e. The van der Waals surface area contributed by atoms with E-state index in [2.05, 4.69) is 27.0 Å². The first-order valence-corrected chi connectivity index (χ1v) is 6.17. The van der Waals surface area contributed by atoms with Crippen molar-refractivity contribution < 1.29 is 0 Å². The highest BCUT2D eigenvalue weighted by Crippen LogP contribution is 2.09. The van der Waals surface area contributed by atoms with E-state index in [1.54, 1.807) is 22.2 Å². The van der Waals surface area contributed by atoms with Crippen molar-refractivity contribution in [3.05, 3.63) is 49.7 Å². The Kier molecular flexibility index (Phi) is 3.33. The van der Waals surface area contributed by atoms with E-state index in [-0.39, 0.29) is 5.56 Å². The maximum atomic E-state index is 11.6. The lowest BCUT2D eigenvalue weighted by Gasteiger charge is -2.03. The van der Waals surface area contributed by atoms with Gasteiger partial charge in [0.25, 0.3) is 5.56 Å². The molecule has 0 saturated carbocycles. The molecular weight excluding hydrogens is 276 g/mol. The Bertz CT molecular complexity index is 492. The zero-order valence-corrected chi connectivity index (χ0v) is 10.3. The van der Waals surface area contributed by atoms with Crippen LogP contribution < -0.4 is 5.56 Å². The van der Waals surface area contributed by atoms with E-state index < -0.39 is 0 Å². The predicted octanol–water partition coefficient (Wildman–Crippen LogP) is 2.31. The normalized spacial score (nSPS) is 10.5. The van der Waals surface area contributed by atoms with Crippen LogP contribution in [-0.2, 0) is 13.0 Å². The van der Waals surface area contributed by atoms with E-state index in [0.29, 0.717) is 11.0 Å². The highest BCUT2D eigenvalue weighted by atomic mass is 79.9. The van der Waals surface area contributed by atoms with Gasteiger partial charge in [0.05, 0.1) is 6.33 Å². The quantitative estimate of drug-likeness (QED) is 0.867. The van der Waals surface area contributed by atoms with Crippen LogP contribution in [-0.4, -0.2) is 9.55 Å². The zero-order valence-electron chi connectivity index (χ0n) is 7.89. The summed E-state index contributed by atoms with van der Waals surface area (Å²) < 4.78 is 2.13. The molecule has 2 heterocycles. The molecule has 2 rings (SSSR count). The summed E-state index contributed by atoms with van der Waals surface area (Å²) in [7, 11) is 0. The van der Waals surface area contributed by atoms with Crippen LogP contribution in [0.3, 0.4) is 0 Å². The number of halogens is 1. The number of rotatable bonds is 3. The van der Waals surface area contributed by atoms with Gasteiger partial charge in [-0.15, -0.1) is 11.3 Å². The van der Waals surface area contributed by atoms with E-state index in [1.165, 1.54) is 11.1 Å². The van der Waals surface area contributed by atoms with Crippen LogP contribution in [0, 0.1) is 0 Å². The van der Waals surface area contributed by atoms with Crippen molar-refractivity contribution in [2.45, 2.75) is 13.0 Å². The van der Waals surface area contributed by atoms with Gasteiger partial charge in [0.2, 0.25) is 0 Å². The van der Waals surface area contributed by atoms with Crippen molar-refractivity contribution in [3.8, 4) is 0 Å². The second-order valence-electron chi connectivity index (χ2n) is 3.07. The maximum Gasteiger partial charge on any atom is 0.267 e.